The number of amides is 1. The molecule has 1 aromatic carbocycles. The quantitative estimate of drug-likeness (QED) is 0.818. The molecule has 17 heavy (non-hydrogen) atoms. The average Bonchev–Trinajstić information content (AvgIpc) is 2.29. The molecule has 0 saturated heterocycles. The molecule has 2 aromatic rings. The van der Waals surface area contributed by atoms with E-state index in [-0.39, 0.29) is 18.1 Å². The fourth-order valence-electron chi connectivity index (χ4n) is 1.46. The highest BCUT2D eigenvalue weighted by atomic mass is 16.3. The number of pyridine rings is 1. The number of nitrogens with zero attached hydrogens (tertiary/aromatic N) is 2. The first-order chi connectivity index (χ1) is 8.19. The first-order valence-corrected chi connectivity index (χ1v) is 4.94. The molecule has 0 spiro atoms. The van der Waals surface area contributed by atoms with Gasteiger partial charge in [0, 0.05) is 11.1 Å². The summed E-state index contributed by atoms with van der Waals surface area (Å²) in [4.78, 5) is 15.2. The molecule has 0 atom stereocenters. The number of carbonyl (C=O) groups excluding carboxylic acids is 1. The minimum absolute atomic E-state index is 0.0961. The van der Waals surface area contributed by atoms with Gasteiger partial charge in [-0.1, -0.05) is 6.07 Å². The zero-order valence-corrected chi connectivity index (χ0v) is 8.84. The number of nitrogens with one attached hydrogen (secondary N) is 1. The summed E-state index contributed by atoms with van der Waals surface area (Å²) in [6.07, 6.45) is 1.16. The number of nitriles is 1. The van der Waals surface area contributed by atoms with Crippen LogP contribution in [0.2, 0.25) is 0 Å². The Bertz CT molecular complexity index is 617. The Kier molecular flexibility index (Phi) is 2.88. The van der Waals surface area contributed by atoms with Crippen LogP contribution in [-0.2, 0) is 4.79 Å². The number of fused-ring (bicyclic) bond motifs is 1. The molecule has 1 heterocycles. The molecule has 84 valence electrons. The molecule has 0 aliphatic carbocycles. The van der Waals surface area contributed by atoms with Crippen molar-refractivity contribution in [2.45, 2.75) is 6.42 Å². The van der Waals surface area contributed by atoms with Gasteiger partial charge in [-0.05, 0) is 18.2 Å². The molecule has 0 radical (unpaired) electrons. The van der Waals surface area contributed by atoms with Gasteiger partial charge in [0.05, 0.1) is 17.8 Å². The maximum absolute atomic E-state index is 11.2. The Balaban J connectivity index is 2.29. The van der Waals surface area contributed by atoms with Crippen LogP contribution in [0.5, 0.6) is 5.75 Å². The van der Waals surface area contributed by atoms with Gasteiger partial charge in [0.1, 0.15) is 12.2 Å². The molecule has 1 amide bonds. The normalized spacial score (nSPS) is 9.82. The minimum atomic E-state index is -0.356. The van der Waals surface area contributed by atoms with Crippen LogP contribution in [0.4, 0.5) is 5.69 Å². The van der Waals surface area contributed by atoms with Crippen molar-refractivity contribution < 1.29 is 9.90 Å². The van der Waals surface area contributed by atoms with Crippen molar-refractivity contribution in [1.82, 2.24) is 4.98 Å². The Labute approximate surface area is 97.3 Å². The van der Waals surface area contributed by atoms with E-state index in [4.69, 9.17) is 5.26 Å². The fourth-order valence-corrected chi connectivity index (χ4v) is 1.46. The lowest BCUT2D eigenvalue weighted by Crippen LogP contribution is -2.09. The van der Waals surface area contributed by atoms with Gasteiger partial charge in [0.25, 0.3) is 0 Å². The van der Waals surface area contributed by atoms with E-state index in [1.807, 2.05) is 0 Å². The second kappa shape index (κ2) is 4.49. The number of carbonyl (C=O) groups is 1. The van der Waals surface area contributed by atoms with E-state index in [9.17, 15) is 9.90 Å². The van der Waals surface area contributed by atoms with Crippen LogP contribution in [0, 0.1) is 11.3 Å². The topological polar surface area (TPSA) is 86.0 Å². The molecule has 0 saturated carbocycles. The van der Waals surface area contributed by atoms with Gasteiger partial charge in [-0.15, -0.1) is 0 Å². The predicted octanol–water partition coefficient (Wildman–Crippen LogP) is 1.79. The Morgan fingerprint density at radius 3 is 3.06 bits per heavy atom. The van der Waals surface area contributed by atoms with Crippen molar-refractivity contribution in [1.29, 1.82) is 5.26 Å². The second-order valence-corrected chi connectivity index (χ2v) is 3.48. The lowest BCUT2D eigenvalue weighted by molar-refractivity contribution is -0.115. The third kappa shape index (κ3) is 2.49. The number of hydrogen-bond acceptors (Lipinski definition) is 4. The Morgan fingerprint density at radius 1 is 1.47 bits per heavy atom. The first-order valence-electron chi connectivity index (χ1n) is 4.94. The monoisotopic (exact) mass is 227 g/mol. The van der Waals surface area contributed by atoms with Crippen molar-refractivity contribution >= 4 is 22.5 Å². The number of hydrogen-bond donors (Lipinski definition) is 2. The van der Waals surface area contributed by atoms with Gasteiger partial charge in [0.15, 0.2) is 0 Å². The SMILES string of the molecule is N#CCC(=O)Nc1ccc2cc(O)cnc2c1. The van der Waals surface area contributed by atoms with Crippen molar-refractivity contribution in [3.63, 3.8) is 0 Å². The van der Waals surface area contributed by atoms with Crippen LogP contribution >= 0.6 is 0 Å². The smallest absolute Gasteiger partial charge is 0.238 e. The lowest BCUT2D eigenvalue weighted by Gasteiger charge is -2.04. The van der Waals surface area contributed by atoms with Crippen LogP contribution in [0.3, 0.4) is 0 Å². The van der Waals surface area contributed by atoms with Crippen molar-refractivity contribution in [2.24, 2.45) is 0 Å². The van der Waals surface area contributed by atoms with E-state index in [0.29, 0.717) is 11.2 Å². The number of aromatic nitrogens is 1. The van der Waals surface area contributed by atoms with Gasteiger partial charge in [-0.25, -0.2) is 0 Å². The zero-order valence-electron chi connectivity index (χ0n) is 8.84. The average molecular weight is 227 g/mol. The summed E-state index contributed by atoms with van der Waals surface area (Å²) >= 11 is 0. The van der Waals surface area contributed by atoms with Crippen molar-refractivity contribution in [3.05, 3.63) is 30.5 Å². The molecule has 2 N–H and O–H groups in total. The maximum atomic E-state index is 11.2. The van der Waals surface area contributed by atoms with Crippen LogP contribution in [0.15, 0.2) is 30.5 Å². The van der Waals surface area contributed by atoms with Gasteiger partial charge < -0.3 is 10.4 Å². The molecule has 0 aliphatic rings. The largest absolute Gasteiger partial charge is 0.506 e. The van der Waals surface area contributed by atoms with E-state index < -0.39 is 0 Å². The summed E-state index contributed by atoms with van der Waals surface area (Å²) < 4.78 is 0. The van der Waals surface area contributed by atoms with Gasteiger partial charge in [0.2, 0.25) is 5.91 Å². The summed E-state index contributed by atoms with van der Waals surface area (Å²) in [5.41, 5.74) is 1.24. The van der Waals surface area contributed by atoms with Crippen LogP contribution in [0.25, 0.3) is 10.9 Å². The predicted molar refractivity (Wildman–Crippen MR) is 62.3 cm³/mol. The summed E-state index contributed by atoms with van der Waals surface area (Å²) in [7, 11) is 0. The first kappa shape index (κ1) is 10.9. The van der Waals surface area contributed by atoms with E-state index in [1.165, 1.54) is 6.20 Å². The minimum Gasteiger partial charge on any atom is -0.506 e. The Morgan fingerprint density at radius 2 is 2.29 bits per heavy atom. The van der Waals surface area contributed by atoms with E-state index in [2.05, 4.69) is 10.3 Å². The molecule has 5 heteroatoms. The number of aromatic hydroxyl groups is 1. The van der Waals surface area contributed by atoms with Crippen LogP contribution in [0.1, 0.15) is 6.42 Å². The van der Waals surface area contributed by atoms with E-state index >= 15 is 0 Å². The molecular weight excluding hydrogens is 218 g/mol. The van der Waals surface area contributed by atoms with E-state index in [0.717, 1.165) is 5.39 Å². The number of rotatable bonds is 2. The third-order valence-electron chi connectivity index (χ3n) is 2.19. The molecule has 0 fully saturated rings. The maximum Gasteiger partial charge on any atom is 0.238 e. The van der Waals surface area contributed by atoms with Crippen LogP contribution in [-0.4, -0.2) is 16.0 Å². The summed E-state index contributed by atoms with van der Waals surface area (Å²) in [6.45, 7) is 0. The zero-order chi connectivity index (χ0) is 12.3. The van der Waals surface area contributed by atoms with Gasteiger partial charge in [-0.3, -0.25) is 9.78 Å². The summed E-state index contributed by atoms with van der Waals surface area (Å²) in [5, 5.41) is 21.0. The van der Waals surface area contributed by atoms with Crippen molar-refractivity contribution in [3.8, 4) is 11.8 Å². The molecule has 0 bridgehead atoms. The number of benzene rings is 1. The molecule has 5 nitrogen and oxygen atoms in total. The molecule has 2 rings (SSSR count). The van der Waals surface area contributed by atoms with Gasteiger partial charge in [-0.2, -0.15) is 5.26 Å². The second-order valence-electron chi connectivity index (χ2n) is 3.48. The van der Waals surface area contributed by atoms with Crippen LogP contribution < -0.4 is 5.32 Å². The van der Waals surface area contributed by atoms with Crippen molar-refractivity contribution in [2.75, 3.05) is 5.32 Å². The highest BCUT2D eigenvalue weighted by molar-refractivity contribution is 5.94. The molecule has 0 unspecified atom stereocenters. The summed E-state index contributed by atoms with van der Waals surface area (Å²) in [5.74, 6) is -0.260. The fraction of sp³-hybridized carbons (Fsp3) is 0.0833. The summed E-state index contributed by atoms with van der Waals surface area (Å²) in [6, 6.07) is 8.48. The third-order valence-corrected chi connectivity index (χ3v) is 2.19. The molecule has 1 aromatic heterocycles. The lowest BCUT2D eigenvalue weighted by atomic mass is 10.2. The molecule has 0 aliphatic heterocycles. The standard InChI is InChI=1S/C12H9N3O2/c13-4-3-12(17)15-9-2-1-8-5-10(16)7-14-11(8)6-9/h1-2,5-7,16H,3H2,(H,15,17). The number of anilines is 1. The molecular formula is C12H9N3O2. The van der Waals surface area contributed by atoms with Gasteiger partial charge >= 0.3 is 0 Å². The highest BCUT2D eigenvalue weighted by Crippen LogP contribution is 2.20. The highest BCUT2D eigenvalue weighted by Gasteiger charge is 2.03. The Hall–Kier alpha value is -2.61. The van der Waals surface area contributed by atoms with E-state index in [1.54, 1.807) is 30.3 Å².